The first kappa shape index (κ1) is 16.8. The van der Waals surface area contributed by atoms with Crippen molar-refractivity contribution in [2.45, 2.75) is 57.4 Å². The number of aryl methyl sites for hydroxylation is 2. The van der Waals surface area contributed by atoms with Crippen LogP contribution in [0.4, 0.5) is 0 Å². The molecule has 1 aromatic carbocycles. The number of ether oxygens (including phenoxy) is 1. The van der Waals surface area contributed by atoms with Crippen molar-refractivity contribution in [1.29, 1.82) is 0 Å². The minimum absolute atomic E-state index is 0.00184. The molecule has 1 aromatic rings. The van der Waals surface area contributed by atoms with Gasteiger partial charge in [0.2, 0.25) is 10.0 Å². The summed E-state index contributed by atoms with van der Waals surface area (Å²) in [5.41, 5.74) is 1.70. The third kappa shape index (κ3) is 3.13. The molecule has 0 amide bonds. The fraction of sp³-hybridized carbons (Fsp3) is 0.667. The molecule has 3 rings (SSSR count). The number of benzene rings is 1. The molecule has 2 aliphatic carbocycles. The molecule has 1 N–H and O–H groups in total. The van der Waals surface area contributed by atoms with Crippen LogP contribution in [0.25, 0.3) is 0 Å². The predicted octanol–water partition coefficient (Wildman–Crippen LogP) is 3.42. The summed E-state index contributed by atoms with van der Waals surface area (Å²) in [4.78, 5) is 0.336. The summed E-state index contributed by atoms with van der Waals surface area (Å²) < 4.78 is 33.8. The highest BCUT2D eigenvalue weighted by Gasteiger charge is 2.42. The Morgan fingerprint density at radius 2 is 1.83 bits per heavy atom. The minimum atomic E-state index is -3.49. The van der Waals surface area contributed by atoms with Crippen LogP contribution in [0.3, 0.4) is 0 Å². The second-order valence-corrected chi connectivity index (χ2v) is 9.05. The van der Waals surface area contributed by atoms with Crippen LogP contribution in [0.1, 0.15) is 43.7 Å². The van der Waals surface area contributed by atoms with Crippen LogP contribution in [0.2, 0.25) is 0 Å². The van der Waals surface area contributed by atoms with Gasteiger partial charge in [0.25, 0.3) is 0 Å². The number of hydrogen-bond donors (Lipinski definition) is 1. The largest absolute Gasteiger partial charge is 0.496 e. The highest BCUT2D eigenvalue weighted by molar-refractivity contribution is 7.89. The highest BCUT2D eigenvalue weighted by atomic mass is 32.2. The van der Waals surface area contributed by atoms with Crippen molar-refractivity contribution in [3.63, 3.8) is 0 Å². The van der Waals surface area contributed by atoms with Gasteiger partial charge >= 0.3 is 0 Å². The monoisotopic (exact) mass is 337 g/mol. The fourth-order valence-corrected chi connectivity index (χ4v) is 6.16. The van der Waals surface area contributed by atoms with Crippen LogP contribution in [-0.2, 0) is 10.0 Å². The van der Waals surface area contributed by atoms with Crippen molar-refractivity contribution < 1.29 is 13.2 Å². The van der Waals surface area contributed by atoms with Crippen LogP contribution < -0.4 is 9.46 Å². The maximum absolute atomic E-state index is 12.8. The van der Waals surface area contributed by atoms with E-state index in [-0.39, 0.29) is 6.04 Å². The normalized spacial score (nSPS) is 28.1. The predicted molar refractivity (Wildman–Crippen MR) is 91.2 cm³/mol. The van der Waals surface area contributed by atoms with Gasteiger partial charge < -0.3 is 4.74 Å². The van der Waals surface area contributed by atoms with Crippen molar-refractivity contribution in [2.24, 2.45) is 17.8 Å². The van der Waals surface area contributed by atoms with E-state index in [1.807, 2.05) is 20.8 Å². The summed E-state index contributed by atoms with van der Waals surface area (Å²) in [6, 6.07) is 3.39. The molecular formula is C18H27NO3S. The van der Waals surface area contributed by atoms with Crippen LogP contribution >= 0.6 is 0 Å². The van der Waals surface area contributed by atoms with Gasteiger partial charge in [-0.25, -0.2) is 13.1 Å². The van der Waals surface area contributed by atoms with Gasteiger partial charge in [0.1, 0.15) is 5.75 Å². The molecule has 0 aromatic heterocycles. The third-order valence-electron chi connectivity index (χ3n) is 5.72. The first-order valence-electron chi connectivity index (χ1n) is 8.49. The van der Waals surface area contributed by atoms with Crippen molar-refractivity contribution in [2.75, 3.05) is 7.11 Å². The van der Waals surface area contributed by atoms with Gasteiger partial charge in [-0.1, -0.05) is 6.42 Å². The average molecular weight is 337 g/mol. The number of hydrogen-bond acceptors (Lipinski definition) is 3. The smallest absolute Gasteiger partial charge is 0.240 e. The Hall–Kier alpha value is -1.07. The van der Waals surface area contributed by atoms with E-state index in [0.29, 0.717) is 16.7 Å². The molecule has 4 unspecified atom stereocenters. The minimum Gasteiger partial charge on any atom is -0.496 e. The van der Waals surface area contributed by atoms with Crippen molar-refractivity contribution >= 4 is 10.0 Å². The van der Waals surface area contributed by atoms with E-state index >= 15 is 0 Å². The second-order valence-electron chi connectivity index (χ2n) is 7.34. The van der Waals surface area contributed by atoms with E-state index in [2.05, 4.69) is 4.72 Å². The van der Waals surface area contributed by atoms with Gasteiger partial charge in [0, 0.05) is 6.04 Å². The maximum atomic E-state index is 12.8. The van der Waals surface area contributed by atoms with Gasteiger partial charge in [0.15, 0.2) is 0 Å². The lowest BCUT2D eigenvalue weighted by molar-refractivity contribution is 0.280. The second kappa shape index (κ2) is 6.10. The van der Waals surface area contributed by atoms with Crippen LogP contribution in [0.5, 0.6) is 5.75 Å². The summed E-state index contributed by atoms with van der Waals surface area (Å²) in [5.74, 6) is 2.77. The summed E-state index contributed by atoms with van der Waals surface area (Å²) in [6.45, 7) is 5.78. The van der Waals surface area contributed by atoms with Crippen LogP contribution in [-0.4, -0.2) is 21.6 Å². The summed E-state index contributed by atoms with van der Waals surface area (Å²) in [6.07, 6.45) is 5.06. The Morgan fingerprint density at radius 3 is 2.30 bits per heavy atom. The lowest BCUT2D eigenvalue weighted by atomic mass is 9.84. The molecule has 0 heterocycles. The molecule has 4 atom stereocenters. The van der Waals surface area contributed by atoms with Crippen molar-refractivity contribution in [3.05, 3.63) is 23.3 Å². The zero-order valence-electron chi connectivity index (χ0n) is 14.4. The molecule has 2 fully saturated rings. The molecule has 0 radical (unpaired) electrons. The van der Waals surface area contributed by atoms with Gasteiger partial charge in [0.05, 0.1) is 12.0 Å². The Morgan fingerprint density at radius 1 is 1.17 bits per heavy atom. The topological polar surface area (TPSA) is 55.4 Å². The number of rotatable bonds is 5. The Balaban J connectivity index is 1.79. The molecule has 0 aliphatic heterocycles. The Kier molecular flexibility index (Phi) is 4.45. The number of methoxy groups -OCH3 is 1. The summed E-state index contributed by atoms with van der Waals surface area (Å²) in [5, 5.41) is 0. The van der Waals surface area contributed by atoms with Crippen molar-refractivity contribution in [3.8, 4) is 5.75 Å². The van der Waals surface area contributed by atoms with Crippen LogP contribution in [0.15, 0.2) is 17.0 Å². The molecule has 23 heavy (non-hydrogen) atoms. The van der Waals surface area contributed by atoms with Gasteiger partial charge in [-0.15, -0.1) is 0 Å². The molecular weight excluding hydrogens is 310 g/mol. The van der Waals surface area contributed by atoms with E-state index in [1.54, 1.807) is 19.2 Å². The molecule has 5 heteroatoms. The molecule has 128 valence electrons. The fourth-order valence-electron chi connectivity index (χ4n) is 4.69. The maximum Gasteiger partial charge on any atom is 0.240 e. The lowest BCUT2D eigenvalue weighted by Gasteiger charge is -2.28. The SMILES string of the molecule is COc1c(C)cc(S(=O)(=O)NC(C)C2CC3CCC2C3)cc1C. The summed E-state index contributed by atoms with van der Waals surface area (Å²) in [7, 11) is -1.88. The number of sulfonamides is 1. The Bertz CT molecular complexity index is 675. The molecule has 0 saturated heterocycles. The van der Waals surface area contributed by atoms with E-state index in [9.17, 15) is 8.42 Å². The standard InChI is InChI=1S/C18H27NO3S/c1-11-7-16(8-12(2)18(11)22-4)23(20,21)19-13(3)17-10-14-5-6-15(17)9-14/h7-8,13-15,17,19H,5-6,9-10H2,1-4H3. The lowest BCUT2D eigenvalue weighted by Crippen LogP contribution is -2.40. The molecule has 0 spiro atoms. The van der Waals surface area contributed by atoms with E-state index in [1.165, 1.54) is 25.7 Å². The number of nitrogens with one attached hydrogen (secondary N) is 1. The highest BCUT2D eigenvalue weighted by Crippen LogP contribution is 2.49. The van der Waals surface area contributed by atoms with E-state index < -0.39 is 10.0 Å². The molecule has 2 aliphatic rings. The Labute approximate surface area is 139 Å². The number of fused-ring (bicyclic) bond motifs is 2. The van der Waals surface area contributed by atoms with E-state index in [0.717, 1.165) is 22.8 Å². The average Bonchev–Trinajstić information content (AvgIpc) is 3.09. The van der Waals surface area contributed by atoms with Gasteiger partial charge in [-0.3, -0.25) is 0 Å². The van der Waals surface area contributed by atoms with Gasteiger partial charge in [-0.05, 0) is 81.0 Å². The van der Waals surface area contributed by atoms with Gasteiger partial charge in [-0.2, -0.15) is 0 Å². The molecule has 4 nitrogen and oxygen atoms in total. The van der Waals surface area contributed by atoms with Crippen LogP contribution in [0, 0.1) is 31.6 Å². The first-order valence-corrected chi connectivity index (χ1v) is 9.97. The first-order chi connectivity index (χ1) is 10.8. The van der Waals surface area contributed by atoms with Crippen molar-refractivity contribution in [1.82, 2.24) is 4.72 Å². The quantitative estimate of drug-likeness (QED) is 0.896. The summed E-state index contributed by atoms with van der Waals surface area (Å²) >= 11 is 0. The zero-order valence-corrected chi connectivity index (χ0v) is 15.2. The molecule has 2 bridgehead atoms. The third-order valence-corrected chi connectivity index (χ3v) is 7.26. The molecule has 2 saturated carbocycles. The van der Waals surface area contributed by atoms with E-state index in [4.69, 9.17) is 4.74 Å². The zero-order chi connectivity index (χ0) is 16.8.